The lowest BCUT2D eigenvalue weighted by atomic mass is 9.92. The van der Waals surface area contributed by atoms with Crippen molar-refractivity contribution in [3.05, 3.63) is 77.0 Å². The van der Waals surface area contributed by atoms with Crippen molar-refractivity contribution in [3.63, 3.8) is 0 Å². The van der Waals surface area contributed by atoms with Crippen molar-refractivity contribution in [3.8, 4) is 28.5 Å². The average molecular weight is 328 g/mol. The molecule has 1 aromatic heterocycles. The minimum absolute atomic E-state index is 0.169. The fraction of sp³-hybridized carbons (Fsp3) is 0.0952. The lowest BCUT2D eigenvalue weighted by molar-refractivity contribution is 0.0697. The third kappa shape index (κ3) is 3.26. The molecule has 0 atom stereocenters. The molecule has 0 aliphatic heterocycles. The summed E-state index contributed by atoms with van der Waals surface area (Å²) >= 11 is 0. The minimum atomic E-state index is -1.01. The molecule has 2 aromatic carbocycles. The molecule has 0 aliphatic carbocycles. The highest BCUT2D eigenvalue weighted by molar-refractivity contribution is 5.92. The predicted molar refractivity (Wildman–Crippen MR) is 96.3 cm³/mol. The van der Waals surface area contributed by atoms with Crippen LogP contribution in [0.15, 0.2) is 54.7 Å². The van der Waals surface area contributed by atoms with E-state index in [-0.39, 0.29) is 5.56 Å². The number of aromatic nitrogens is 1. The molecule has 0 spiro atoms. The zero-order valence-electron chi connectivity index (χ0n) is 13.9. The molecule has 1 N–H and O–H groups in total. The molecule has 3 rings (SSSR count). The van der Waals surface area contributed by atoms with Crippen LogP contribution in [0.3, 0.4) is 0 Å². The molecule has 0 amide bonds. The highest BCUT2D eigenvalue weighted by atomic mass is 16.4. The summed E-state index contributed by atoms with van der Waals surface area (Å²) in [7, 11) is 0. The Labute approximate surface area is 146 Å². The van der Waals surface area contributed by atoms with Crippen molar-refractivity contribution in [2.45, 2.75) is 13.8 Å². The van der Waals surface area contributed by atoms with Crippen molar-refractivity contribution < 1.29 is 9.90 Å². The van der Waals surface area contributed by atoms with Crippen LogP contribution in [0.4, 0.5) is 0 Å². The number of nitrogens with zero attached hydrogens (tertiary/aromatic N) is 2. The molecule has 0 unspecified atom stereocenters. The van der Waals surface area contributed by atoms with Gasteiger partial charge in [0.05, 0.1) is 22.9 Å². The van der Waals surface area contributed by atoms with Gasteiger partial charge in [-0.25, -0.2) is 4.79 Å². The van der Waals surface area contributed by atoms with Crippen molar-refractivity contribution in [2.75, 3.05) is 0 Å². The molecule has 0 aliphatic rings. The lowest BCUT2D eigenvalue weighted by Crippen LogP contribution is -1.99. The van der Waals surface area contributed by atoms with Gasteiger partial charge in [-0.15, -0.1) is 0 Å². The van der Waals surface area contributed by atoms with Gasteiger partial charge in [-0.1, -0.05) is 18.2 Å². The first-order valence-electron chi connectivity index (χ1n) is 7.81. The number of carbonyl (C=O) groups is 1. The number of carboxylic acids is 1. The van der Waals surface area contributed by atoms with Crippen LogP contribution in [0, 0.1) is 25.2 Å². The fourth-order valence-electron chi connectivity index (χ4n) is 2.83. The Hall–Kier alpha value is -3.45. The Kier molecular flexibility index (Phi) is 4.32. The fourth-order valence-corrected chi connectivity index (χ4v) is 2.83. The first kappa shape index (κ1) is 16.4. The summed E-state index contributed by atoms with van der Waals surface area (Å²) in [4.78, 5) is 16.0. The van der Waals surface area contributed by atoms with Crippen molar-refractivity contribution in [2.24, 2.45) is 0 Å². The van der Waals surface area contributed by atoms with Crippen LogP contribution in [-0.2, 0) is 0 Å². The summed E-state index contributed by atoms with van der Waals surface area (Å²) < 4.78 is 0. The van der Waals surface area contributed by atoms with Gasteiger partial charge < -0.3 is 5.11 Å². The van der Waals surface area contributed by atoms with Gasteiger partial charge in [-0.05, 0) is 60.9 Å². The van der Waals surface area contributed by atoms with Crippen LogP contribution in [0.2, 0.25) is 0 Å². The summed E-state index contributed by atoms with van der Waals surface area (Å²) in [5.74, 6) is -1.01. The topological polar surface area (TPSA) is 74.0 Å². The van der Waals surface area contributed by atoms with Crippen molar-refractivity contribution in [1.82, 2.24) is 4.98 Å². The van der Waals surface area contributed by atoms with Crippen LogP contribution in [0.1, 0.15) is 27.0 Å². The second-order valence-corrected chi connectivity index (χ2v) is 5.93. The van der Waals surface area contributed by atoms with Gasteiger partial charge in [0.1, 0.15) is 0 Å². The van der Waals surface area contributed by atoms with Crippen LogP contribution < -0.4 is 0 Å². The molecular weight excluding hydrogens is 312 g/mol. The molecule has 4 heteroatoms. The second-order valence-electron chi connectivity index (χ2n) is 5.93. The van der Waals surface area contributed by atoms with Gasteiger partial charge in [0.2, 0.25) is 0 Å². The van der Waals surface area contributed by atoms with E-state index in [0.29, 0.717) is 22.4 Å². The number of pyridine rings is 1. The average Bonchev–Trinajstić information content (AvgIpc) is 2.61. The van der Waals surface area contributed by atoms with E-state index in [0.717, 1.165) is 16.7 Å². The smallest absolute Gasteiger partial charge is 0.335 e. The zero-order valence-corrected chi connectivity index (χ0v) is 13.9. The molecule has 1 heterocycles. The van der Waals surface area contributed by atoms with Crippen LogP contribution in [0.5, 0.6) is 0 Å². The Morgan fingerprint density at radius 1 is 1.08 bits per heavy atom. The van der Waals surface area contributed by atoms with Gasteiger partial charge in [0.25, 0.3) is 0 Å². The standard InChI is InChI=1S/C21H16N2O2/c1-13-6-7-19(23-12-13)16-8-17(10-18(9-16)21(24)25)20-14(2)4-3-5-15(20)11-22/h3-10,12H,1-2H3,(H,24,25). The van der Waals surface area contributed by atoms with Gasteiger partial charge in [-0.3, -0.25) is 4.98 Å². The normalized spacial score (nSPS) is 10.3. The van der Waals surface area contributed by atoms with E-state index in [1.165, 1.54) is 0 Å². The summed E-state index contributed by atoms with van der Waals surface area (Å²) in [6.07, 6.45) is 1.75. The van der Waals surface area contributed by atoms with E-state index < -0.39 is 5.97 Å². The van der Waals surface area contributed by atoms with E-state index in [1.807, 2.05) is 44.2 Å². The molecule has 122 valence electrons. The first-order chi connectivity index (χ1) is 12.0. The van der Waals surface area contributed by atoms with E-state index in [1.54, 1.807) is 24.4 Å². The summed E-state index contributed by atoms with van der Waals surface area (Å²) in [6.45, 7) is 3.86. The third-order valence-electron chi connectivity index (χ3n) is 4.07. The predicted octanol–water partition coefficient (Wildman–Crippen LogP) is 4.60. The number of hydrogen-bond acceptors (Lipinski definition) is 3. The van der Waals surface area contributed by atoms with Crippen molar-refractivity contribution in [1.29, 1.82) is 5.26 Å². The molecular formula is C21H16N2O2. The highest BCUT2D eigenvalue weighted by Crippen LogP contribution is 2.32. The monoisotopic (exact) mass is 328 g/mol. The molecule has 25 heavy (non-hydrogen) atoms. The quantitative estimate of drug-likeness (QED) is 0.762. The molecule has 0 radical (unpaired) electrons. The first-order valence-corrected chi connectivity index (χ1v) is 7.81. The Morgan fingerprint density at radius 2 is 1.84 bits per heavy atom. The third-order valence-corrected chi connectivity index (χ3v) is 4.07. The maximum atomic E-state index is 11.6. The number of benzene rings is 2. The van der Waals surface area contributed by atoms with Crippen LogP contribution in [-0.4, -0.2) is 16.1 Å². The summed E-state index contributed by atoms with van der Waals surface area (Å²) in [5.41, 5.74) is 5.50. The van der Waals surface area contributed by atoms with Gasteiger partial charge in [0.15, 0.2) is 0 Å². The number of carboxylic acid groups (broad SMARTS) is 1. The molecule has 3 aromatic rings. The highest BCUT2D eigenvalue weighted by Gasteiger charge is 2.14. The Balaban J connectivity index is 2.27. The minimum Gasteiger partial charge on any atom is -0.478 e. The number of nitriles is 1. The van der Waals surface area contributed by atoms with Gasteiger partial charge >= 0.3 is 5.97 Å². The van der Waals surface area contributed by atoms with Crippen LogP contribution in [0.25, 0.3) is 22.4 Å². The molecule has 0 bridgehead atoms. The zero-order chi connectivity index (χ0) is 18.0. The lowest BCUT2D eigenvalue weighted by Gasteiger charge is -2.12. The maximum Gasteiger partial charge on any atom is 0.335 e. The SMILES string of the molecule is Cc1ccc(-c2cc(C(=O)O)cc(-c3c(C)cccc3C#N)c2)nc1. The summed E-state index contributed by atoms with van der Waals surface area (Å²) in [6, 6.07) is 16.5. The Bertz CT molecular complexity index is 999. The van der Waals surface area contributed by atoms with E-state index in [9.17, 15) is 15.2 Å². The number of aromatic carboxylic acids is 1. The van der Waals surface area contributed by atoms with Gasteiger partial charge in [0, 0.05) is 17.3 Å². The molecule has 0 saturated carbocycles. The van der Waals surface area contributed by atoms with Crippen molar-refractivity contribution >= 4 is 5.97 Å². The number of rotatable bonds is 3. The molecule has 0 fully saturated rings. The van der Waals surface area contributed by atoms with Gasteiger partial charge in [-0.2, -0.15) is 5.26 Å². The van der Waals surface area contributed by atoms with Crippen LogP contribution >= 0.6 is 0 Å². The summed E-state index contributed by atoms with van der Waals surface area (Å²) in [5, 5.41) is 18.9. The largest absolute Gasteiger partial charge is 0.478 e. The maximum absolute atomic E-state index is 11.6. The number of aryl methyl sites for hydroxylation is 2. The number of hydrogen-bond donors (Lipinski definition) is 1. The van der Waals surface area contributed by atoms with E-state index in [2.05, 4.69) is 11.1 Å². The molecule has 4 nitrogen and oxygen atoms in total. The van der Waals surface area contributed by atoms with E-state index in [4.69, 9.17) is 0 Å². The molecule has 0 saturated heterocycles. The second kappa shape index (κ2) is 6.58. The van der Waals surface area contributed by atoms with E-state index >= 15 is 0 Å². The Morgan fingerprint density at radius 3 is 2.48 bits per heavy atom.